The van der Waals surface area contributed by atoms with Crippen LogP contribution in [0.25, 0.3) is 11.0 Å². The second kappa shape index (κ2) is 11.1. The van der Waals surface area contributed by atoms with E-state index in [4.69, 9.17) is 10.1 Å². The minimum Gasteiger partial charge on any atom is -0.355 e. The van der Waals surface area contributed by atoms with Gasteiger partial charge in [0.1, 0.15) is 5.82 Å². The summed E-state index contributed by atoms with van der Waals surface area (Å²) in [6.07, 6.45) is 2.60. The van der Waals surface area contributed by atoms with Crippen molar-refractivity contribution in [1.82, 2.24) is 19.5 Å². The van der Waals surface area contributed by atoms with E-state index >= 15 is 0 Å². The van der Waals surface area contributed by atoms with Crippen LogP contribution in [-0.4, -0.2) is 41.5 Å². The number of anilines is 5. The molecule has 0 saturated heterocycles. The largest absolute Gasteiger partial charge is 0.355 e. The first kappa shape index (κ1) is 26.1. The zero-order valence-electron chi connectivity index (χ0n) is 21.7. The van der Waals surface area contributed by atoms with Crippen molar-refractivity contribution in [2.24, 2.45) is 12.2 Å². The topological polar surface area (TPSA) is 131 Å². The molecular formula is C28H30N8O2S. The van der Waals surface area contributed by atoms with Crippen LogP contribution < -0.4 is 20.7 Å². The summed E-state index contributed by atoms with van der Waals surface area (Å²) >= 11 is 0. The lowest BCUT2D eigenvalue weighted by atomic mass is 10.1. The summed E-state index contributed by atoms with van der Waals surface area (Å²) in [6, 6.07) is 25.3. The number of aryl methyl sites for hydroxylation is 1. The molecule has 39 heavy (non-hydrogen) atoms. The summed E-state index contributed by atoms with van der Waals surface area (Å²) in [5, 5.41) is 11.7. The second-order valence-electron chi connectivity index (χ2n) is 9.26. The zero-order valence-corrected chi connectivity index (χ0v) is 22.6. The molecule has 0 unspecified atom stereocenters. The highest BCUT2D eigenvalue weighted by atomic mass is 32.2. The number of sulfonamides is 1. The second-order valence-corrected chi connectivity index (χ2v) is 10.9. The summed E-state index contributed by atoms with van der Waals surface area (Å²) in [6.45, 7) is 0.791. The molecule has 0 aliphatic heterocycles. The molecule has 5 aromatic rings. The van der Waals surface area contributed by atoms with E-state index in [1.54, 1.807) is 30.5 Å². The predicted octanol–water partition coefficient (Wildman–Crippen LogP) is 4.32. The molecule has 0 aliphatic carbocycles. The first-order chi connectivity index (χ1) is 18.7. The molecule has 0 atom stereocenters. The highest BCUT2D eigenvalue weighted by Gasteiger charge is 2.13. The fraction of sp³-hybridized carbons (Fsp3) is 0.179. The zero-order chi connectivity index (χ0) is 27.4. The number of hydrogen-bond donors (Lipinski definition) is 3. The van der Waals surface area contributed by atoms with E-state index in [9.17, 15) is 8.42 Å². The number of hydrogen-bond acceptors (Lipinski definition) is 8. The summed E-state index contributed by atoms with van der Waals surface area (Å²) in [5.41, 5.74) is 5.48. The Labute approximate surface area is 227 Å². The van der Waals surface area contributed by atoms with Gasteiger partial charge in [-0.3, -0.25) is 0 Å². The Balaban J connectivity index is 1.28. The lowest BCUT2D eigenvalue weighted by Gasteiger charge is -2.19. The van der Waals surface area contributed by atoms with Crippen molar-refractivity contribution >= 4 is 50.1 Å². The lowest BCUT2D eigenvalue weighted by Crippen LogP contribution is -2.14. The van der Waals surface area contributed by atoms with Gasteiger partial charge in [0.25, 0.3) is 0 Å². The highest BCUT2D eigenvalue weighted by Crippen LogP contribution is 2.28. The van der Waals surface area contributed by atoms with Crippen LogP contribution >= 0.6 is 0 Å². The summed E-state index contributed by atoms with van der Waals surface area (Å²) in [4.78, 5) is 15.8. The number of primary sulfonamides is 1. The van der Waals surface area contributed by atoms with E-state index in [1.165, 1.54) is 5.56 Å². The molecule has 4 N–H and O–H groups in total. The van der Waals surface area contributed by atoms with Gasteiger partial charge < -0.3 is 20.1 Å². The molecule has 0 radical (unpaired) electrons. The van der Waals surface area contributed by atoms with Crippen LogP contribution in [-0.2, 0) is 29.2 Å². The Morgan fingerprint density at radius 1 is 0.949 bits per heavy atom. The summed E-state index contributed by atoms with van der Waals surface area (Å²) in [5.74, 6) is 1.73. The van der Waals surface area contributed by atoms with Crippen molar-refractivity contribution in [3.63, 3.8) is 0 Å². The molecule has 2 aromatic heterocycles. The minimum absolute atomic E-state index is 0.212. The summed E-state index contributed by atoms with van der Waals surface area (Å²) < 4.78 is 24.7. The number of rotatable bonds is 10. The SMILES string of the molecule is CN(c1ccc2c(c1)nc(NCCc1ccccc1)n2C)c1ccnc(Nc2ccc(CS(N)(=O)=O)cc2)n1. The normalized spacial score (nSPS) is 11.5. The van der Waals surface area contributed by atoms with Crippen LogP contribution in [0.3, 0.4) is 0 Å². The van der Waals surface area contributed by atoms with Crippen LogP contribution in [0, 0.1) is 0 Å². The molecule has 0 bridgehead atoms. The van der Waals surface area contributed by atoms with Gasteiger partial charge in [-0.2, -0.15) is 4.98 Å². The molecule has 3 aromatic carbocycles. The Hall–Kier alpha value is -4.48. The molecule has 0 amide bonds. The number of fused-ring (bicyclic) bond motifs is 1. The van der Waals surface area contributed by atoms with Gasteiger partial charge in [-0.15, -0.1) is 0 Å². The quantitative estimate of drug-likeness (QED) is 0.238. The molecule has 11 heteroatoms. The van der Waals surface area contributed by atoms with Crippen molar-refractivity contribution < 1.29 is 8.42 Å². The van der Waals surface area contributed by atoms with Gasteiger partial charge >= 0.3 is 0 Å². The van der Waals surface area contributed by atoms with Crippen LogP contribution in [0.4, 0.5) is 29.1 Å². The fourth-order valence-electron chi connectivity index (χ4n) is 4.29. The first-order valence-electron chi connectivity index (χ1n) is 12.4. The van der Waals surface area contributed by atoms with Crippen molar-refractivity contribution in [2.45, 2.75) is 12.2 Å². The van der Waals surface area contributed by atoms with Crippen LogP contribution in [0.1, 0.15) is 11.1 Å². The lowest BCUT2D eigenvalue weighted by molar-refractivity contribution is 0.597. The van der Waals surface area contributed by atoms with Crippen molar-refractivity contribution in [3.05, 3.63) is 96.2 Å². The van der Waals surface area contributed by atoms with E-state index in [0.717, 1.165) is 41.3 Å². The number of nitrogens with one attached hydrogen (secondary N) is 2. The maximum Gasteiger partial charge on any atom is 0.229 e. The van der Waals surface area contributed by atoms with Crippen molar-refractivity contribution in [3.8, 4) is 0 Å². The number of benzene rings is 3. The number of nitrogens with two attached hydrogens (primary N) is 1. The van der Waals surface area contributed by atoms with Gasteiger partial charge in [-0.1, -0.05) is 42.5 Å². The first-order valence-corrected chi connectivity index (χ1v) is 14.1. The van der Waals surface area contributed by atoms with Gasteiger partial charge in [-0.05, 0) is 53.9 Å². The number of nitrogens with zero attached hydrogens (tertiary/aromatic N) is 5. The Kier molecular flexibility index (Phi) is 7.44. The highest BCUT2D eigenvalue weighted by molar-refractivity contribution is 7.88. The molecule has 0 saturated carbocycles. The maximum atomic E-state index is 11.3. The monoisotopic (exact) mass is 542 g/mol. The predicted molar refractivity (Wildman–Crippen MR) is 156 cm³/mol. The molecule has 0 aliphatic rings. The summed E-state index contributed by atoms with van der Waals surface area (Å²) in [7, 11) is 0.369. The molecule has 0 fully saturated rings. The third-order valence-electron chi connectivity index (χ3n) is 6.35. The third kappa shape index (κ3) is 6.51. The average Bonchev–Trinajstić information content (AvgIpc) is 3.24. The van der Waals surface area contributed by atoms with Gasteiger partial charge in [0.05, 0.1) is 16.8 Å². The maximum absolute atomic E-state index is 11.3. The van der Waals surface area contributed by atoms with E-state index in [0.29, 0.717) is 17.3 Å². The van der Waals surface area contributed by atoms with E-state index in [2.05, 4.69) is 55.5 Å². The number of imidazole rings is 1. The van der Waals surface area contributed by atoms with Crippen LogP contribution in [0.15, 0.2) is 85.1 Å². The van der Waals surface area contributed by atoms with Crippen LogP contribution in [0.2, 0.25) is 0 Å². The standard InChI is InChI=1S/C28H30N8O2S/c1-35(26-15-17-30-27(34-26)32-22-10-8-21(9-11-22)19-39(29,37)38)23-12-13-25-24(18-23)33-28(36(25)2)31-16-14-20-6-4-3-5-7-20/h3-13,15,17-18H,14,16,19H2,1-2H3,(H,31,33)(H2,29,37,38)(H,30,32,34). The van der Waals surface area contributed by atoms with Crippen molar-refractivity contribution in [2.75, 3.05) is 29.1 Å². The van der Waals surface area contributed by atoms with E-state index in [1.807, 2.05) is 43.3 Å². The molecule has 2 heterocycles. The molecule has 200 valence electrons. The molecular weight excluding hydrogens is 512 g/mol. The van der Waals surface area contributed by atoms with Gasteiger partial charge in [0.15, 0.2) is 0 Å². The Morgan fingerprint density at radius 3 is 2.46 bits per heavy atom. The van der Waals surface area contributed by atoms with Crippen molar-refractivity contribution in [1.29, 1.82) is 0 Å². The molecule has 0 spiro atoms. The van der Waals surface area contributed by atoms with Gasteiger partial charge in [-0.25, -0.2) is 23.5 Å². The Morgan fingerprint density at radius 2 is 1.72 bits per heavy atom. The number of aromatic nitrogens is 4. The van der Waals surface area contributed by atoms with Gasteiger partial charge in [0.2, 0.25) is 21.9 Å². The van der Waals surface area contributed by atoms with E-state index < -0.39 is 10.0 Å². The van der Waals surface area contributed by atoms with Gasteiger partial charge in [0, 0.05) is 38.2 Å². The minimum atomic E-state index is -3.58. The molecule has 5 rings (SSSR count). The fourth-order valence-corrected chi connectivity index (χ4v) is 4.95. The third-order valence-corrected chi connectivity index (χ3v) is 7.09. The Bertz CT molecular complexity index is 1690. The molecule has 10 nitrogen and oxygen atoms in total. The smallest absolute Gasteiger partial charge is 0.229 e. The average molecular weight is 543 g/mol. The van der Waals surface area contributed by atoms with E-state index in [-0.39, 0.29) is 5.75 Å². The van der Waals surface area contributed by atoms with Crippen LogP contribution in [0.5, 0.6) is 0 Å².